The number of nitrogens with zero attached hydrogens (tertiary/aromatic N) is 1. The number of carboxylic acids is 1. The number of carbonyl (C=O) groups is 2. The first kappa shape index (κ1) is 16.9. The van der Waals surface area contributed by atoms with Crippen LogP contribution in [0.5, 0.6) is 0 Å². The number of hydrogen-bond donors (Lipinski definition) is 2. The van der Waals surface area contributed by atoms with Gasteiger partial charge in [0.1, 0.15) is 0 Å². The lowest BCUT2D eigenvalue weighted by atomic mass is 9.98. The average molecular weight is 291 g/mol. The van der Waals surface area contributed by atoms with E-state index in [-0.39, 0.29) is 12.5 Å². The minimum atomic E-state index is -1.04. The SMILES string of the molecule is Cc1c(/C=C/C(=O)O)cccc1C(=O)N(C)C(C)(C)CO. The topological polar surface area (TPSA) is 77.8 Å². The maximum Gasteiger partial charge on any atom is 0.328 e. The molecule has 1 aromatic carbocycles. The Morgan fingerprint density at radius 1 is 1.33 bits per heavy atom. The molecule has 0 aliphatic carbocycles. The zero-order valence-electron chi connectivity index (χ0n) is 12.8. The molecule has 0 unspecified atom stereocenters. The monoisotopic (exact) mass is 291 g/mol. The molecular weight excluding hydrogens is 270 g/mol. The first-order valence-corrected chi connectivity index (χ1v) is 6.60. The Hall–Kier alpha value is -2.14. The molecule has 0 saturated carbocycles. The molecule has 0 aliphatic heterocycles. The highest BCUT2D eigenvalue weighted by molar-refractivity contribution is 5.97. The number of aliphatic carboxylic acids is 1. The Morgan fingerprint density at radius 2 is 1.95 bits per heavy atom. The molecular formula is C16H21NO4. The van der Waals surface area contributed by atoms with Crippen LogP contribution in [-0.2, 0) is 4.79 Å². The van der Waals surface area contributed by atoms with Crippen molar-refractivity contribution in [1.82, 2.24) is 4.90 Å². The number of carbonyl (C=O) groups excluding carboxylic acids is 1. The van der Waals surface area contributed by atoms with E-state index in [2.05, 4.69) is 0 Å². The fraction of sp³-hybridized carbons (Fsp3) is 0.375. The van der Waals surface area contributed by atoms with Crippen molar-refractivity contribution in [2.75, 3.05) is 13.7 Å². The third-order valence-electron chi connectivity index (χ3n) is 3.61. The Kier molecular flexibility index (Phi) is 5.27. The second-order valence-corrected chi connectivity index (χ2v) is 5.53. The van der Waals surface area contributed by atoms with Crippen LogP contribution in [0.1, 0.15) is 35.3 Å². The molecule has 1 aromatic rings. The quantitative estimate of drug-likeness (QED) is 0.813. The standard InChI is InChI=1S/C16H21NO4/c1-11-12(8-9-14(19)20)6-5-7-13(11)15(21)17(4)16(2,3)10-18/h5-9,18H,10H2,1-4H3,(H,19,20)/b9-8+. The van der Waals surface area contributed by atoms with Crippen LogP contribution in [0.4, 0.5) is 0 Å². The summed E-state index contributed by atoms with van der Waals surface area (Å²) < 4.78 is 0. The predicted molar refractivity (Wildman–Crippen MR) is 81.1 cm³/mol. The zero-order chi connectivity index (χ0) is 16.2. The summed E-state index contributed by atoms with van der Waals surface area (Å²) in [5.41, 5.74) is 1.21. The summed E-state index contributed by atoms with van der Waals surface area (Å²) in [6.45, 7) is 5.17. The van der Waals surface area contributed by atoms with E-state index in [9.17, 15) is 14.7 Å². The molecule has 0 spiro atoms. The molecule has 5 heteroatoms. The Bertz CT molecular complexity index is 576. The van der Waals surface area contributed by atoms with Crippen molar-refractivity contribution in [3.8, 4) is 0 Å². The molecule has 114 valence electrons. The van der Waals surface area contributed by atoms with E-state index in [0.717, 1.165) is 6.08 Å². The van der Waals surface area contributed by atoms with Gasteiger partial charge >= 0.3 is 5.97 Å². The molecule has 21 heavy (non-hydrogen) atoms. The van der Waals surface area contributed by atoms with Gasteiger partial charge in [-0.2, -0.15) is 0 Å². The lowest BCUT2D eigenvalue weighted by Crippen LogP contribution is -2.47. The lowest BCUT2D eigenvalue weighted by molar-refractivity contribution is -0.131. The molecule has 0 aromatic heterocycles. The Balaban J connectivity index is 3.18. The van der Waals surface area contributed by atoms with Gasteiger partial charge in [-0.1, -0.05) is 12.1 Å². The highest BCUT2D eigenvalue weighted by Crippen LogP contribution is 2.20. The van der Waals surface area contributed by atoms with Crippen LogP contribution in [0, 0.1) is 6.92 Å². The molecule has 0 heterocycles. The fourth-order valence-electron chi connectivity index (χ4n) is 1.79. The van der Waals surface area contributed by atoms with Gasteiger partial charge in [-0.25, -0.2) is 4.79 Å². The maximum absolute atomic E-state index is 12.5. The summed E-state index contributed by atoms with van der Waals surface area (Å²) in [5.74, 6) is -1.25. The number of likely N-dealkylation sites (N-methyl/N-ethyl adjacent to an activating group) is 1. The second-order valence-electron chi connectivity index (χ2n) is 5.53. The van der Waals surface area contributed by atoms with E-state index in [0.29, 0.717) is 16.7 Å². The van der Waals surface area contributed by atoms with Crippen molar-refractivity contribution in [1.29, 1.82) is 0 Å². The molecule has 0 radical (unpaired) electrons. The van der Waals surface area contributed by atoms with Gasteiger partial charge in [-0.05, 0) is 44.0 Å². The van der Waals surface area contributed by atoms with Crippen molar-refractivity contribution in [2.45, 2.75) is 26.3 Å². The van der Waals surface area contributed by atoms with Crippen LogP contribution < -0.4 is 0 Å². The number of benzene rings is 1. The van der Waals surface area contributed by atoms with E-state index in [1.165, 1.54) is 11.0 Å². The van der Waals surface area contributed by atoms with E-state index in [4.69, 9.17) is 5.11 Å². The smallest absolute Gasteiger partial charge is 0.328 e. The van der Waals surface area contributed by atoms with Crippen molar-refractivity contribution < 1.29 is 19.8 Å². The van der Waals surface area contributed by atoms with Crippen molar-refractivity contribution in [2.24, 2.45) is 0 Å². The van der Waals surface area contributed by atoms with Gasteiger partial charge in [-0.15, -0.1) is 0 Å². The van der Waals surface area contributed by atoms with Gasteiger partial charge in [0.05, 0.1) is 12.1 Å². The summed E-state index contributed by atoms with van der Waals surface area (Å²) in [6.07, 6.45) is 2.50. The number of amides is 1. The van der Waals surface area contributed by atoms with Crippen LogP contribution in [0.25, 0.3) is 6.08 Å². The molecule has 0 aliphatic rings. The molecule has 0 atom stereocenters. The minimum absolute atomic E-state index is 0.146. The number of rotatable bonds is 5. The van der Waals surface area contributed by atoms with E-state index < -0.39 is 11.5 Å². The van der Waals surface area contributed by atoms with Crippen LogP contribution in [-0.4, -0.2) is 46.2 Å². The highest BCUT2D eigenvalue weighted by atomic mass is 16.4. The number of aliphatic hydroxyl groups is 1. The summed E-state index contributed by atoms with van der Waals surface area (Å²) in [5, 5.41) is 18.0. The molecule has 0 fully saturated rings. The Labute approximate surface area is 124 Å². The van der Waals surface area contributed by atoms with Crippen molar-refractivity contribution >= 4 is 18.0 Å². The molecule has 1 rings (SSSR count). The highest BCUT2D eigenvalue weighted by Gasteiger charge is 2.28. The van der Waals surface area contributed by atoms with Gasteiger partial charge in [0.15, 0.2) is 0 Å². The average Bonchev–Trinajstić information content (AvgIpc) is 2.44. The number of aliphatic hydroxyl groups excluding tert-OH is 1. The minimum Gasteiger partial charge on any atom is -0.478 e. The first-order valence-electron chi connectivity index (χ1n) is 6.60. The number of carboxylic acid groups (broad SMARTS) is 1. The Morgan fingerprint density at radius 3 is 2.48 bits per heavy atom. The van der Waals surface area contributed by atoms with Crippen LogP contribution in [0.3, 0.4) is 0 Å². The van der Waals surface area contributed by atoms with E-state index in [1.807, 2.05) is 0 Å². The summed E-state index contributed by atoms with van der Waals surface area (Å²) in [4.78, 5) is 24.6. The fourth-order valence-corrected chi connectivity index (χ4v) is 1.79. The van der Waals surface area contributed by atoms with E-state index >= 15 is 0 Å². The summed E-state index contributed by atoms with van der Waals surface area (Å²) >= 11 is 0. The van der Waals surface area contributed by atoms with Gasteiger partial charge in [0.25, 0.3) is 5.91 Å². The van der Waals surface area contributed by atoms with Crippen LogP contribution in [0.2, 0.25) is 0 Å². The van der Waals surface area contributed by atoms with Gasteiger partial charge in [0.2, 0.25) is 0 Å². The van der Waals surface area contributed by atoms with Crippen molar-refractivity contribution in [3.05, 3.63) is 41.0 Å². The third kappa shape index (κ3) is 3.92. The third-order valence-corrected chi connectivity index (χ3v) is 3.61. The van der Waals surface area contributed by atoms with Gasteiger partial charge in [0, 0.05) is 18.7 Å². The number of hydrogen-bond acceptors (Lipinski definition) is 3. The maximum atomic E-state index is 12.5. The van der Waals surface area contributed by atoms with Gasteiger partial charge in [-0.3, -0.25) is 4.79 Å². The lowest BCUT2D eigenvalue weighted by Gasteiger charge is -2.34. The molecule has 1 amide bonds. The largest absolute Gasteiger partial charge is 0.478 e. The normalized spacial score (nSPS) is 11.7. The molecule has 0 saturated heterocycles. The van der Waals surface area contributed by atoms with Crippen LogP contribution >= 0.6 is 0 Å². The summed E-state index contributed by atoms with van der Waals surface area (Å²) in [6, 6.07) is 5.16. The second kappa shape index (κ2) is 6.54. The summed E-state index contributed by atoms with van der Waals surface area (Å²) in [7, 11) is 1.64. The zero-order valence-corrected chi connectivity index (χ0v) is 12.8. The molecule has 2 N–H and O–H groups in total. The molecule has 5 nitrogen and oxygen atoms in total. The predicted octanol–water partition coefficient (Wildman–Crippen LogP) is 1.94. The first-order chi connectivity index (χ1) is 9.70. The van der Waals surface area contributed by atoms with Crippen molar-refractivity contribution in [3.63, 3.8) is 0 Å². The van der Waals surface area contributed by atoms with Crippen LogP contribution in [0.15, 0.2) is 24.3 Å². The molecule has 0 bridgehead atoms. The van der Waals surface area contributed by atoms with Gasteiger partial charge < -0.3 is 15.1 Å². The van der Waals surface area contributed by atoms with E-state index in [1.54, 1.807) is 46.0 Å².